The number of nitrogen functional groups attached to an aromatic ring is 1. The first-order chi connectivity index (χ1) is 10.1. The van der Waals surface area contributed by atoms with Gasteiger partial charge in [-0.05, 0) is 11.6 Å². The lowest BCUT2D eigenvalue weighted by Crippen LogP contribution is -2.29. The van der Waals surface area contributed by atoms with Gasteiger partial charge in [-0.2, -0.15) is 0 Å². The monoisotopic (exact) mass is 287 g/mol. The van der Waals surface area contributed by atoms with Crippen LogP contribution in [-0.4, -0.2) is 23.0 Å². The van der Waals surface area contributed by atoms with Crippen LogP contribution >= 0.6 is 0 Å². The van der Waals surface area contributed by atoms with Gasteiger partial charge >= 0.3 is 5.69 Å². The summed E-state index contributed by atoms with van der Waals surface area (Å²) in [7, 11) is 0. The molecule has 0 aliphatic heterocycles. The maximum Gasteiger partial charge on any atom is 0.311 e. The molecule has 4 N–H and O–H groups in total. The summed E-state index contributed by atoms with van der Waals surface area (Å²) in [5, 5.41) is 10.8. The highest BCUT2D eigenvalue weighted by Crippen LogP contribution is 2.23. The number of hydrogen-bond acceptors (Lipinski definition) is 6. The van der Waals surface area contributed by atoms with E-state index in [1.807, 2.05) is 35.2 Å². The zero-order chi connectivity index (χ0) is 15.2. The smallest absolute Gasteiger partial charge is 0.311 e. The van der Waals surface area contributed by atoms with E-state index in [-0.39, 0.29) is 11.5 Å². The van der Waals surface area contributed by atoms with Gasteiger partial charge in [0.25, 0.3) is 0 Å². The Morgan fingerprint density at radius 3 is 2.48 bits per heavy atom. The molecule has 0 amide bonds. The SMILES string of the molecule is NCCN(Cc1ccccc1)c1ccc([N+](=O)[O-])c(N)n1. The zero-order valence-electron chi connectivity index (χ0n) is 11.5. The van der Waals surface area contributed by atoms with Gasteiger partial charge in [0.15, 0.2) is 0 Å². The Kier molecular flexibility index (Phi) is 4.68. The van der Waals surface area contributed by atoms with Gasteiger partial charge in [0.2, 0.25) is 5.82 Å². The van der Waals surface area contributed by atoms with E-state index in [2.05, 4.69) is 4.98 Å². The van der Waals surface area contributed by atoms with Gasteiger partial charge in [-0.15, -0.1) is 0 Å². The molecule has 0 aliphatic carbocycles. The molecule has 7 nitrogen and oxygen atoms in total. The van der Waals surface area contributed by atoms with Gasteiger partial charge < -0.3 is 16.4 Å². The molecule has 0 atom stereocenters. The standard InChI is InChI=1S/C14H17N5O2/c15-8-9-18(10-11-4-2-1-3-5-11)13-7-6-12(19(20)21)14(16)17-13/h1-7H,8-10,15H2,(H2,16,17). The van der Waals surface area contributed by atoms with Crippen LogP contribution in [0.5, 0.6) is 0 Å². The topological polar surface area (TPSA) is 111 Å². The van der Waals surface area contributed by atoms with Crippen LogP contribution in [-0.2, 0) is 6.54 Å². The second kappa shape index (κ2) is 6.67. The molecule has 0 aliphatic rings. The highest BCUT2D eigenvalue weighted by atomic mass is 16.6. The van der Waals surface area contributed by atoms with Crippen molar-refractivity contribution in [3.63, 3.8) is 0 Å². The third-order valence-electron chi connectivity index (χ3n) is 3.02. The number of aromatic nitrogens is 1. The van der Waals surface area contributed by atoms with E-state index in [0.29, 0.717) is 25.5 Å². The third kappa shape index (κ3) is 3.67. The van der Waals surface area contributed by atoms with Gasteiger partial charge in [0, 0.05) is 25.7 Å². The van der Waals surface area contributed by atoms with Crippen LogP contribution in [0.1, 0.15) is 5.56 Å². The zero-order valence-corrected chi connectivity index (χ0v) is 11.5. The molecule has 2 rings (SSSR count). The number of rotatable bonds is 6. The molecule has 21 heavy (non-hydrogen) atoms. The Balaban J connectivity index is 2.26. The molecular weight excluding hydrogens is 270 g/mol. The van der Waals surface area contributed by atoms with Gasteiger partial charge in [0.05, 0.1) is 4.92 Å². The maximum atomic E-state index is 10.8. The molecule has 0 radical (unpaired) electrons. The molecule has 1 aromatic carbocycles. The first-order valence-corrected chi connectivity index (χ1v) is 6.51. The first-order valence-electron chi connectivity index (χ1n) is 6.51. The number of benzene rings is 1. The highest BCUT2D eigenvalue weighted by Gasteiger charge is 2.16. The lowest BCUT2D eigenvalue weighted by molar-refractivity contribution is -0.384. The van der Waals surface area contributed by atoms with Crippen molar-refractivity contribution in [1.29, 1.82) is 0 Å². The van der Waals surface area contributed by atoms with E-state index in [9.17, 15) is 10.1 Å². The predicted octanol–water partition coefficient (Wildman–Crippen LogP) is 1.54. The van der Waals surface area contributed by atoms with Crippen LogP contribution < -0.4 is 16.4 Å². The Bertz CT molecular complexity index is 618. The molecule has 0 spiro atoms. The second-order valence-electron chi connectivity index (χ2n) is 4.53. The minimum absolute atomic E-state index is 0.0902. The summed E-state index contributed by atoms with van der Waals surface area (Å²) >= 11 is 0. The van der Waals surface area contributed by atoms with Gasteiger partial charge in [0.1, 0.15) is 5.82 Å². The van der Waals surface area contributed by atoms with Crippen LogP contribution in [0.4, 0.5) is 17.3 Å². The van der Waals surface area contributed by atoms with Crippen molar-refractivity contribution in [3.05, 3.63) is 58.1 Å². The number of anilines is 2. The third-order valence-corrected chi connectivity index (χ3v) is 3.02. The number of pyridine rings is 1. The Labute approximate surface area is 122 Å². The van der Waals surface area contributed by atoms with Crippen LogP contribution in [0.25, 0.3) is 0 Å². The molecule has 0 unspecified atom stereocenters. The number of nitrogens with two attached hydrogens (primary N) is 2. The van der Waals surface area contributed by atoms with Crippen molar-refractivity contribution < 1.29 is 4.92 Å². The molecule has 0 saturated heterocycles. The summed E-state index contributed by atoms with van der Waals surface area (Å²) in [6.45, 7) is 1.65. The fourth-order valence-electron chi connectivity index (χ4n) is 2.02. The number of nitrogens with zero attached hydrogens (tertiary/aromatic N) is 3. The van der Waals surface area contributed by atoms with Gasteiger partial charge in [-0.25, -0.2) is 4.98 Å². The summed E-state index contributed by atoms with van der Waals surface area (Å²) in [4.78, 5) is 16.3. The van der Waals surface area contributed by atoms with Crippen LogP contribution in [0.3, 0.4) is 0 Å². The minimum atomic E-state index is -0.545. The molecule has 110 valence electrons. The quantitative estimate of drug-likeness (QED) is 0.615. The van der Waals surface area contributed by atoms with Gasteiger partial charge in [-0.3, -0.25) is 10.1 Å². The molecule has 0 bridgehead atoms. The van der Waals surface area contributed by atoms with Crippen molar-refractivity contribution in [2.45, 2.75) is 6.54 Å². The normalized spacial score (nSPS) is 10.3. The first kappa shape index (κ1) is 14.7. The maximum absolute atomic E-state index is 10.8. The second-order valence-corrected chi connectivity index (χ2v) is 4.53. The Morgan fingerprint density at radius 1 is 1.19 bits per heavy atom. The molecular formula is C14H17N5O2. The van der Waals surface area contributed by atoms with E-state index in [4.69, 9.17) is 11.5 Å². The summed E-state index contributed by atoms with van der Waals surface area (Å²) in [6.07, 6.45) is 0. The van der Waals surface area contributed by atoms with Crippen molar-refractivity contribution in [3.8, 4) is 0 Å². The average molecular weight is 287 g/mol. The largest absolute Gasteiger partial charge is 0.378 e. The van der Waals surface area contributed by atoms with E-state index in [1.165, 1.54) is 6.07 Å². The fraction of sp³-hybridized carbons (Fsp3) is 0.214. The van der Waals surface area contributed by atoms with Crippen molar-refractivity contribution in [2.24, 2.45) is 5.73 Å². The van der Waals surface area contributed by atoms with Gasteiger partial charge in [-0.1, -0.05) is 30.3 Å². The summed E-state index contributed by atoms with van der Waals surface area (Å²) in [5.74, 6) is 0.486. The van der Waals surface area contributed by atoms with Crippen LogP contribution in [0.15, 0.2) is 42.5 Å². The van der Waals surface area contributed by atoms with Crippen molar-refractivity contribution >= 4 is 17.3 Å². The van der Waals surface area contributed by atoms with E-state index in [0.717, 1.165) is 5.56 Å². The van der Waals surface area contributed by atoms with E-state index >= 15 is 0 Å². The predicted molar refractivity (Wildman–Crippen MR) is 81.9 cm³/mol. The van der Waals surface area contributed by atoms with Crippen LogP contribution in [0.2, 0.25) is 0 Å². The van der Waals surface area contributed by atoms with E-state index in [1.54, 1.807) is 6.07 Å². The lowest BCUT2D eigenvalue weighted by Gasteiger charge is -2.23. The number of nitro groups is 1. The Hall–Kier alpha value is -2.67. The minimum Gasteiger partial charge on any atom is -0.378 e. The summed E-state index contributed by atoms with van der Waals surface area (Å²) < 4.78 is 0. The molecule has 1 aromatic heterocycles. The highest BCUT2D eigenvalue weighted by molar-refractivity contribution is 5.58. The molecule has 0 saturated carbocycles. The summed E-state index contributed by atoms with van der Waals surface area (Å²) in [5.41, 5.74) is 12.2. The molecule has 2 aromatic rings. The van der Waals surface area contributed by atoms with E-state index < -0.39 is 4.92 Å². The fourth-order valence-corrected chi connectivity index (χ4v) is 2.02. The van der Waals surface area contributed by atoms with Crippen LogP contribution in [0, 0.1) is 10.1 Å². The number of hydrogen-bond donors (Lipinski definition) is 2. The molecule has 7 heteroatoms. The van der Waals surface area contributed by atoms with Crippen molar-refractivity contribution in [2.75, 3.05) is 23.7 Å². The van der Waals surface area contributed by atoms with Crippen molar-refractivity contribution in [1.82, 2.24) is 4.98 Å². The molecule has 1 heterocycles. The summed E-state index contributed by atoms with van der Waals surface area (Å²) in [6, 6.07) is 12.8. The Morgan fingerprint density at radius 2 is 1.90 bits per heavy atom. The average Bonchev–Trinajstić information content (AvgIpc) is 2.47. The molecule has 0 fully saturated rings. The lowest BCUT2D eigenvalue weighted by atomic mass is 10.2.